The van der Waals surface area contributed by atoms with Gasteiger partial charge in [-0.1, -0.05) is 6.92 Å². The average Bonchev–Trinajstić information content (AvgIpc) is 2.16. The fourth-order valence-electron chi connectivity index (χ4n) is 0.993. The minimum absolute atomic E-state index is 0.491. The number of aromatic nitrogens is 2. The molecule has 1 heterocycles. The van der Waals surface area contributed by atoms with Crippen molar-refractivity contribution in [3.8, 4) is 0 Å². The molecule has 14 heavy (non-hydrogen) atoms. The fourth-order valence-corrected chi connectivity index (χ4v) is 0.993. The Kier molecular flexibility index (Phi) is 3.39. The molecule has 0 amide bonds. The molecule has 0 aromatic carbocycles. The van der Waals surface area contributed by atoms with E-state index >= 15 is 0 Å². The lowest BCUT2D eigenvalue weighted by molar-refractivity contribution is -0.137. The Morgan fingerprint density at radius 1 is 1.57 bits per heavy atom. The number of hydrogen-bond donors (Lipinski definition) is 2. The third-order valence-corrected chi connectivity index (χ3v) is 1.83. The van der Waals surface area contributed by atoms with Gasteiger partial charge in [-0.25, -0.2) is 4.79 Å². The van der Waals surface area contributed by atoms with E-state index in [2.05, 4.69) is 15.5 Å². The molecule has 2 N–H and O–H groups in total. The van der Waals surface area contributed by atoms with Crippen LogP contribution in [0.5, 0.6) is 0 Å². The molecule has 5 heteroatoms. The molecule has 0 spiro atoms. The summed E-state index contributed by atoms with van der Waals surface area (Å²) in [6.07, 6.45) is 0.505. The summed E-state index contributed by atoms with van der Waals surface area (Å²) < 4.78 is 0. The van der Waals surface area contributed by atoms with Crippen molar-refractivity contribution >= 4 is 11.8 Å². The van der Waals surface area contributed by atoms with Crippen molar-refractivity contribution in [2.75, 3.05) is 5.32 Å². The van der Waals surface area contributed by atoms with Crippen LogP contribution in [0.2, 0.25) is 0 Å². The summed E-state index contributed by atoms with van der Waals surface area (Å²) in [5.41, 5.74) is 0.805. The SMILES string of the molecule is CCC(Nc1ccc(C)nn1)C(=O)O. The van der Waals surface area contributed by atoms with Crippen LogP contribution in [0.3, 0.4) is 0 Å². The molecule has 1 aromatic rings. The van der Waals surface area contributed by atoms with Crippen LogP contribution in [0.15, 0.2) is 12.1 Å². The number of aryl methyl sites for hydroxylation is 1. The van der Waals surface area contributed by atoms with Crippen LogP contribution in [-0.2, 0) is 4.79 Å². The number of nitrogens with one attached hydrogen (secondary N) is 1. The molecule has 1 aromatic heterocycles. The summed E-state index contributed by atoms with van der Waals surface area (Å²) in [6, 6.07) is 2.89. The van der Waals surface area contributed by atoms with Crippen LogP contribution in [0.1, 0.15) is 19.0 Å². The predicted octanol–water partition coefficient (Wildman–Crippen LogP) is 1.06. The van der Waals surface area contributed by atoms with Crippen molar-refractivity contribution < 1.29 is 9.90 Å². The van der Waals surface area contributed by atoms with E-state index in [1.54, 1.807) is 19.1 Å². The summed E-state index contributed by atoms with van der Waals surface area (Å²) in [7, 11) is 0. The lowest BCUT2D eigenvalue weighted by atomic mass is 10.2. The highest BCUT2D eigenvalue weighted by Gasteiger charge is 2.14. The third-order valence-electron chi connectivity index (χ3n) is 1.83. The van der Waals surface area contributed by atoms with Crippen molar-refractivity contribution in [3.63, 3.8) is 0 Å². The van der Waals surface area contributed by atoms with Crippen LogP contribution in [0.25, 0.3) is 0 Å². The first-order valence-electron chi connectivity index (χ1n) is 4.43. The Morgan fingerprint density at radius 3 is 2.71 bits per heavy atom. The summed E-state index contributed by atoms with van der Waals surface area (Å²) >= 11 is 0. The van der Waals surface area contributed by atoms with Gasteiger partial charge in [-0.2, -0.15) is 5.10 Å². The molecule has 0 radical (unpaired) electrons. The van der Waals surface area contributed by atoms with Crippen LogP contribution in [0.4, 0.5) is 5.82 Å². The highest BCUT2D eigenvalue weighted by atomic mass is 16.4. The van der Waals surface area contributed by atoms with Gasteiger partial charge in [-0.15, -0.1) is 5.10 Å². The summed E-state index contributed by atoms with van der Waals surface area (Å²) in [5.74, 6) is -0.389. The lowest BCUT2D eigenvalue weighted by Crippen LogP contribution is -2.28. The Balaban J connectivity index is 2.67. The standard InChI is InChI=1S/C9H13N3O2/c1-3-7(9(13)14)10-8-5-4-6(2)11-12-8/h4-5,7H,3H2,1-2H3,(H,10,12)(H,13,14). The van der Waals surface area contributed by atoms with E-state index < -0.39 is 12.0 Å². The van der Waals surface area contributed by atoms with Gasteiger partial charge in [-0.05, 0) is 25.5 Å². The minimum Gasteiger partial charge on any atom is -0.480 e. The van der Waals surface area contributed by atoms with Gasteiger partial charge in [0.25, 0.3) is 0 Å². The van der Waals surface area contributed by atoms with Gasteiger partial charge in [0.2, 0.25) is 0 Å². The second kappa shape index (κ2) is 4.55. The van der Waals surface area contributed by atoms with Crippen molar-refractivity contribution in [1.82, 2.24) is 10.2 Å². The molecule has 0 saturated heterocycles. The Bertz CT molecular complexity index is 310. The molecule has 1 unspecified atom stereocenters. The van der Waals surface area contributed by atoms with Crippen molar-refractivity contribution in [3.05, 3.63) is 17.8 Å². The van der Waals surface area contributed by atoms with Crippen molar-refractivity contribution in [1.29, 1.82) is 0 Å². The third kappa shape index (κ3) is 2.69. The van der Waals surface area contributed by atoms with E-state index in [4.69, 9.17) is 5.11 Å². The largest absolute Gasteiger partial charge is 0.480 e. The van der Waals surface area contributed by atoms with Gasteiger partial charge in [0.1, 0.15) is 11.9 Å². The van der Waals surface area contributed by atoms with Gasteiger partial charge < -0.3 is 10.4 Å². The highest BCUT2D eigenvalue weighted by Crippen LogP contribution is 2.05. The second-order valence-corrected chi connectivity index (χ2v) is 3.00. The number of carbonyl (C=O) groups is 1. The number of anilines is 1. The quantitative estimate of drug-likeness (QED) is 0.751. The van der Waals surface area contributed by atoms with E-state index in [0.717, 1.165) is 5.69 Å². The number of rotatable bonds is 4. The molecule has 5 nitrogen and oxygen atoms in total. The van der Waals surface area contributed by atoms with Crippen LogP contribution >= 0.6 is 0 Å². The zero-order valence-corrected chi connectivity index (χ0v) is 8.19. The van der Waals surface area contributed by atoms with Crippen LogP contribution in [0, 0.1) is 6.92 Å². The topological polar surface area (TPSA) is 75.1 Å². The van der Waals surface area contributed by atoms with Crippen LogP contribution in [-0.4, -0.2) is 27.3 Å². The first-order valence-corrected chi connectivity index (χ1v) is 4.43. The Labute approximate surface area is 82.2 Å². The van der Waals surface area contributed by atoms with Crippen molar-refractivity contribution in [2.45, 2.75) is 26.3 Å². The number of hydrogen-bond acceptors (Lipinski definition) is 4. The van der Waals surface area contributed by atoms with E-state index in [-0.39, 0.29) is 0 Å². The minimum atomic E-state index is -0.880. The molecule has 1 rings (SSSR count). The first-order chi connectivity index (χ1) is 6.63. The molecule has 0 aliphatic heterocycles. The number of aliphatic carboxylic acids is 1. The summed E-state index contributed by atoms with van der Waals surface area (Å²) in [5, 5.41) is 19.2. The predicted molar refractivity (Wildman–Crippen MR) is 52.1 cm³/mol. The highest BCUT2D eigenvalue weighted by molar-refractivity contribution is 5.76. The van der Waals surface area contributed by atoms with E-state index in [1.165, 1.54) is 0 Å². The normalized spacial score (nSPS) is 12.1. The maximum Gasteiger partial charge on any atom is 0.326 e. The lowest BCUT2D eigenvalue weighted by Gasteiger charge is -2.11. The maximum absolute atomic E-state index is 10.7. The number of carboxylic acids is 1. The summed E-state index contributed by atoms with van der Waals surface area (Å²) in [6.45, 7) is 3.62. The molecule has 0 bridgehead atoms. The van der Waals surface area contributed by atoms with Gasteiger partial charge in [0.15, 0.2) is 0 Å². The maximum atomic E-state index is 10.7. The van der Waals surface area contributed by atoms with E-state index in [1.807, 2.05) is 6.92 Å². The van der Waals surface area contributed by atoms with Crippen LogP contribution < -0.4 is 5.32 Å². The molecular weight excluding hydrogens is 182 g/mol. The molecule has 1 atom stereocenters. The molecule has 0 saturated carbocycles. The monoisotopic (exact) mass is 195 g/mol. The van der Waals surface area contributed by atoms with E-state index in [0.29, 0.717) is 12.2 Å². The van der Waals surface area contributed by atoms with Gasteiger partial charge >= 0.3 is 5.97 Å². The van der Waals surface area contributed by atoms with Gasteiger partial charge in [0, 0.05) is 0 Å². The number of nitrogens with zero attached hydrogens (tertiary/aromatic N) is 2. The second-order valence-electron chi connectivity index (χ2n) is 3.00. The zero-order valence-electron chi connectivity index (χ0n) is 8.19. The van der Waals surface area contributed by atoms with E-state index in [9.17, 15) is 4.79 Å². The molecule has 76 valence electrons. The number of carboxylic acid groups (broad SMARTS) is 1. The first kappa shape index (κ1) is 10.4. The summed E-state index contributed by atoms with van der Waals surface area (Å²) in [4.78, 5) is 10.7. The molecule has 0 fully saturated rings. The molecular formula is C9H13N3O2. The fraction of sp³-hybridized carbons (Fsp3) is 0.444. The van der Waals surface area contributed by atoms with Gasteiger partial charge in [-0.3, -0.25) is 0 Å². The van der Waals surface area contributed by atoms with Crippen molar-refractivity contribution in [2.24, 2.45) is 0 Å². The Morgan fingerprint density at radius 2 is 2.29 bits per heavy atom. The smallest absolute Gasteiger partial charge is 0.326 e. The zero-order chi connectivity index (χ0) is 10.6. The molecule has 0 aliphatic carbocycles. The molecule has 0 aliphatic rings. The average molecular weight is 195 g/mol. The Hall–Kier alpha value is -1.65. The van der Waals surface area contributed by atoms with Gasteiger partial charge in [0.05, 0.1) is 5.69 Å².